The SMILES string of the molecule is C=C(C)C(=O)C(C(=O)O)(C(=O)C(=C)C)C(CCCCCCCCCCCCC(C)C)C(C)C. The molecule has 4 nitrogen and oxygen atoms in total. The standard InChI is InChI=1S/C29H50O4/c1-21(2)19-17-15-13-11-9-10-12-14-16-18-20-25(22(3)4)29(28(32)33,26(30)23(5)6)27(31)24(7)8/h21-22,25H,5,7,9-20H2,1-4,6,8H3,(H,32,33). The van der Waals surface area contributed by atoms with Crippen molar-refractivity contribution in [3.63, 3.8) is 0 Å². The van der Waals surface area contributed by atoms with Gasteiger partial charge in [0.15, 0.2) is 17.0 Å². The summed E-state index contributed by atoms with van der Waals surface area (Å²) in [4.78, 5) is 38.7. The highest BCUT2D eigenvalue weighted by Crippen LogP contribution is 2.42. The van der Waals surface area contributed by atoms with Crippen molar-refractivity contribution in [2.45, 2.75) is 119 Å². The van der Waals surface area contributed by atoms with Crippen LogP contribution in [0.5, 0.6) is 0 Å². The van der Waals surface area contributed by atoms with Gasteiger partial charge >= 0.3 is 5.97 Å². The zero-order valence-corrected chi connectivity index (χ0v) is 22.3. The highest BCUT2D eigenvalue weighted by molar-refractivity contribution is 6.30. The van der Waals surface area contributed by atoms with Crippen LogP contribution in [0.25, 0.3) is 0 Å². The van der Waals surface area contributed by atoms with Crippen LogP contribution in [0.4, 0.5) is 0 Å². The van der Waals surface area contributed by atoms with Gasteiger partial charge in [0.2, 0.25) is 0 Å². The number of rotatable bonds is 20. The molecule has 0 aliphatic carbocycles. The van der Waals surface area contributed by atoms with Crippen molar-refractivity contribution < 1.29 is 19.5 Å². The Morgan fingerprint density at radius 1 is 0.667 bits per heavy atom. The lowest BCUT2D eigenvalue weighted by molar-refractivity contribution is -0.163. The topological polar surface area (TPSA) is 71.4 Å². The van der Waals surface area contributed by atoms with Gasteiger partial charge in [0.05, 0.1) is 0 Å². The largest absolute Gasteiger partial charge is 0.480 e. The van der Waals surface area contributed by atoms with Crippen LogP contribution in [0, 0.1) is 23.2 Å². The summed E-state index contributed by atoms with van der Waals surface area (Å²) in [7, 11) is 0. The molecule has 1 N–H and O–H groups in total. The fourth-order valence-corrected chi connectivity index (χ4v) is 4.85. The maximum absolute atomic E-state index is 13.1. The molecule has 0 rings (SSSR count). The number of unbranched alkanes of at least 4 members (excludes halogenated alkanes) is 9. The number of carbonyl (C=O) groups is 3. The normalized spacial score (nSPS) is 12.7. The summed E-state index contributed by atoms with van der Waals surface area (Å²) in [6, 6.07) is 0. The van der Waals surface area contributed by atoms with E-state index in [2.05, 4.69) is 27.0 Å². The van der Waals surface area contributed by atoms with E-state index in [1.165, 1.54) is 65.2 Å². The first-order valence-electron chi connectivity index (χ1n) is 13.0. The third-order valence-corrected chi connectivity index (χ3v) is 6.74. The van der Waals surface area contributed by atoms with Gasteiger partial charge in [-0.3, -0.25) is 14.4 Å². The molecule has 4 heteroatoms. The summed E-state index contributed by atoms with van der Waals surface area (Å²) >= 11 is 0. The van der Waals surface area contributed by atoms with E-state index in [-0.39, 0.29) is 17.1 Å². The van der Waals surface area contributed by atoms with E-state index in [4.69, 9.17) is 0 Å². The molecule has 0 bridgehead atoms. The van der Waals surface area contributed by atoms with Crippen LogP contribution in [0.3, 0.4) is 0 Å². The average Bonchev–Trinajstić information content (AvgIpc) is 2.72. The summed E-state index contributed by atoms with van der Waals surface area (Å²) < 4.78 is 0. The summed E-state index contributed by atoms with van der Waals surface area (Å²) in [5.41, 5.74) is -1.93. The highest BCUT2D eigenvalue weighted by Gasteiger charge is 2.58. The third-order valence-electron chi connectivity index (χ3n) is 6.74. The Bertz CT molecular complexity index is 631. The molecule has 0 saturated carbocycles. The van der Waals surface area contributed by atoms with E-state index in [0.29, 0.717) is 6.42 Å². The van der Waals surface area contributed by atoms with E-state index in [1.807, 2.05) is 13.8 Å². The monoisotopic (exact) mass is 462 g/mol. The molecule has 0 aromatic rings. The molecule has 0 fully saturated rings. The Morgan fingerprint density at radius 3 is 1.27 bits per heavy atom. The summed E-state index contributed by atoms with van der Waals surface area (Å²) in [5.74, 6) is -2.67. The van der Waals surface area contributed by atoms with E-state index in [0.717, 1.165) is 25.2 Å². The lowest BCUT2D eigenvalue weighted by Crippen LogP contribution is -2.54. The van der Waals surface area contributed by atoms with Gasteiger partial charge in [0, 0.05) is 0 Å². The first-order chi connectivity index (χ1) is 15.4. The summed E-state index contributed by atoms with van der Waals surface area (Å²) in [6.07, 6.45) is 13.7. The Hall–Kier alpha value is -1.71. The fourth-order valence-electron chi connectivity index (χ4n) is 4.85. The minimum Gasteiger partial charge on any atom is -0.480 e. The zero-order chi connectivity index (χ0) is 25.6. The molecule has 190 valence electrons. The molecule has 0 aliphatic rings. The van der Waals surface area contributed by atoms with Gasteiger partial charge in [0.1, 0.15) is 0 Å². The molecule has 1 unspecified atom stereocenters. The second-order valence-electron chi connectivity index (χ2n) is 10.7. The molecule has 1 atom stereocenters. The second-order valence-corrected chi connectivity index (χ2v) is 10.7. The predicted molar refractivity (Wildman–Crippen MR) is 138 cm³/mol. The number of carboxylic acids is 1. The van der Waals surface area contributed by atoms with Gasteiger partial charge in [-0.2, -0.15) is 0 Å². The van der Waals surface area contributed by atoms with Crippen molar-refractivity contribution in [1.29, 1.82) is 0 Å². The Labute approximate surface area is 203 Å². The molecular formula is C29H50O4. The van der Waals surface area contributed by atoms with E-state index in [9.17, 15) is 19.5 Å². The number of allylic oxidation sites excluding steroid dienone is 2. The molecule has 0 aromatic carbocycles. The number of hydrogen-bond acceptors (Lipinski definition) is 3. The zero-order valence-electron chi connectivity index (χ0n) is 22.3. The van der Waals surface area contributed by atoms with E-state index in [1.54, 1.807) is 0 Å². The summed E-state index contributed by atoms with van der Waals surface area (Å²) in [5, 5.41) is 10.2. The second kappa shape index (κ2) is 16.0. The molecule has 0 heterocycles. The third kappa shape index (κ3) is 9.98. The molecule has 0 spiro atoms. The maximum atomic E-state index is 13.1. The number of ketones is 2. The minimum atomic E-state index is -2.12. The van der Waals surface area contributed by atoms with Crippen molar-refractivity contribution >= 4 is 17.5 Å². The van der Waals surface area contributed by atoms with Crippen molar-refractivity contribution in [2.24, 2.45) is 23.2 Å². The summed E-state index contributed by atoms with van der Waals surface area (Å²) in [6.45, 7) is 18.6. The minimum absolute atomic E-state index is 0.0989. The number of Topliss-reactive ketones (excluding diaryl/α,β-unsaturated/α-hetero) is 2. The van der Waals surface area contributed by atoms with Crippen molar-refractivity contribution in [3.05, 3.63) is 24.3 Å². The molecule has 0 amide bonds. The van der Waals surface area contributed by atoms with Crippen LogP contribution >= 0.6 is 0 Å². The first-order valence-corrected chi connectivity index (χ1v) is 13.0. The molecule has 33 heavy (non-hydrogen) atoms. The van der Waals surface area contributed by atoms with Gasteiger partial charge in [-0.05, 0) is 49.2 Å². The van der Waals surface area contributed by atoms with Crippen molar-refractivity contribution in [2.75, 3.05) is 0 Å². The van der Waals surface area contributed by atoms with Crippen molar-refractivity contribution in [3.8, 4) is 0 Å². The van der Waals surface area contributed by atoms with E-state index < -0.39 is 28.9 Å². The first kappa shape index (κ1) is 31.3. The van der Waals surface area contributed by atoms with Crippen LogP contribution in [0.15, 0.2) is 24.3 Å². The Kier molecular flexibility index (Phi) is 15.2. The van der Waals surface area contributed by atoms with Crippen LogP contribution in [-0.2, 0) is 14.4 Å². The number of aliphatic carboxylic acids is 1. The lowest BCUT2D eigenvalue weighted by atomic mass is 9.61. The molecule has 0 aliphatic heterocycles. The smallest absolute Gasteiger partial charge is 0.325 e. The molecule has 0 aromatic heterocycles. The van der Waals surface area contributed by atoms with E-state index >= 15 is 0 Å². The van der Waals surface area contributed by atoms with Crippen molar-refractivity contribution in [1.82, 2.24) is 0 Å². The van der Waals surface area contributed by atoms with Gasteiger partial charge < -0.3 is 5.11 Å². The number of hydrogen-bond donors (Lipinski definition) is 1. The average molecular weight is 463 g/mol. The van der Waals surface area contributed by atoms with Crippen LogP contribution in [-0.4, -0.2) is 22.6 Å². The lowest BCUT2D eigenvalue weighted by Gasteiger charge is -2.37. The highest BCUT2D eigenvalue weighted by atomic mass is 16.4. The van der Waals surface area contributed by atoms with Gasteiger partial charge in [-0.25, -0.2) is 0 Å². The molecule has 0 saturated heterocycles. The van der Waals surface area contributed by atoms with Crippen LogP contribution in [0.2, 0.25) is 0 Å². The predicted octanol–water partition coefficient (Wildman–Crippen LogP) is 7.96. The Balaban J connectivity index is 4.81. The number of carboxylic acid groups (broad SMARTS) is 1. The van der Waals surface area contributed by atoms with Gasteiger partial charge in [-0.15, -0.1) is 0 Å². The molecule has 0 radical (unpaired) electrons. The fraction of sp³-hybridized carbons (Fsp3) is 0.759. The Morgan fingerprint density at radius 2 is 1.00 bits per heavy atom. The van der Waals surface area contributed by atoms with Gasteiger partial charge in [0.25, 0.3) is 0 Å². The maximum Gasteiger partial charge on any atom is 0.325 e. The van der Waals surface area contributed by atoms with Crippen LogP contribution in [0.1, 0.15) is 119 Å². The number of carbonyl (C=O) groups excluding carboxylic acids is 2. The quantitative estimate of drug-likeness (QED) is 0.113. The van der Waals surface area contributed by atoms with Gasteiger partial charge in [-0.1, -0.05) is 111 Å². The molecular weight excluding hydrogens is 412 g/mol. The van der Waals surface area contributed by atoms with Crippen LogP contribution < -0.4 is 0 Å².